The first-order valence-electron chi connectivity index (χ1n) is 8.24. The molecule has 2 rings (SSSR count). The summed E-state index contributed by atoms with van der Waals surface area (Å²) in [4.78, 5) is 34.1. The van der Waals surface area contributed by atoms with Crippen molar-refractivity contribution in [2.45, 2.75) is 57.8 Å². The molecule has 0 spiro atoms. The van der Waals surface area contributed by atoms with Gasteiger partial charge in [0.2, 0.25) is 5.91 Å². The lowest BCUT2D eigenvalue weighted by atomic mass is 9.90. The molecule has 23 heavy (non-hydrogen) atoms. The number of ketones is 1. The summed E-state index contributed by atoms with van der Waals surface area (Å²) in [6.07, 6.45) is 6.11. The quantitative estimate of drug-likeness (QED) is 0.718. The first-order chi connectivity index (χ1) is 11.1. The Morgan fingerprint density at radius 1 is 1.04 bits per heavy atom. The smallest absolute Gasteiger partial charge is 0.303 e. The lowest BCUT2D eigenvalue weighted by Crippen LogP contribution is -2.14. The minimum absolute atomic E-state index is 0.0367. The van der Waals surface area contributed by atoms with Gasteiger partial charge in [-0.1, -0.05) is 12.8 Å². The van der Waals surface area contributed by atoms with Gasteiger partial charge in [0.05, 0.1) is 0 Å². The van der Waals surface area contributed by atoms with E-state index in [2.05, 4.69) is 5.32 Å². The Morgan fingerprint density at radius 2 is 1.78 bits per heavy atom. The predicted octanol–water partition coefficient (Wildman–Crippen LogP) is 3.57. The Labute approximate surface area is 136 Å². The molecule has 2 N–H and O–H groups in total. The van der Waals surface area contributed by atoms with Gasteiger partial charge in [-0.25, -0.2) is 0 Å². The van der Waals surface area contributed by atoms with Crippen molar-refractivity contribution >= 4 is 23.3 Å². The van der Waals surface area contributed by atoms with E-state index in [1.165, 1.54) is 0 Å². The lowest BCUT2D eigenvalue weighted by Gasteiger charge is -2.16. The van der Waals surface area contributed by atoms with E-state index < -0.39 is 5.97 Å². The number of rotatable bonds is 8. The maximum atomic E-state index is 11.9. The summed E-state index contributed by atoms with van der Waals surface area (Å²) in [7, 11) is 0. The van der Waals surface area contributed by atoms with Gasteiger partial charge in [0, 0.05) is 30.5 Å². The minimum atomic E-state index is -0.770. The van der Waals surface area contributed by atoms with Crippen molar-refractivity contribution in [2.24, 2.45) is 0 Å². The van der Waals surface area contributed by atoms with Crippen LogP contribution in [0, 0.1) is 0 Å². The molecule has 5 heteroatoms. The molecule has 0 unspecified atom stereocenters. The van der Waals surface area contributed by atoms with Crippen molar-refractivity contribution in [2.75, 3.05) is 5.32 Å². The van der Waals surface area contributed by atoms with E-state index in [1.54, 1.807) is 12.1 Å². The zero-order chi connectivity index (χ0) is 16.7. The summed E-state index contributed by atoms with van der Waals surface area (Å²) in [5.74, 6) is -0.621. The van der Waals surface area contributed by atoms with Crippen LogP contribution in [0.2, 0.25) is 0 Å². The first-order valence-corrected chi connectivity index (χ1v) is 8.24. The van der Waals surface area contributed by atoms with Crippen LogP contribution in [0.25, 0.3) is 0 Å². The van der Waals surface area contributed by atoms with E-state index >= 15 is 0 Å². The van der Waals surface area contributed by atoms with Crippen molar-refractivity contribution < 1.29 is 19.5 Å². The molecule has 0 atom stereocenters. The molecule has 1 aliphatic rings. The molecule has 1 aliphatic carbocycles. The Balaban J connectivity index is 1.73. The maximum absolute atomic E-state index is 11.9. The number of carboxylic acids is 1. The average Bonchev–Trinajstić information content (AvgIpc) is 2.50. The number of fused-ring (bicyclic) bond motifs is 1. The molecule has 0 aromatic heterocycles. The second-order valence-electron chi connectivity index (χ2n) is 6.00. The number of aliphatic carboxylic acids is 1. The molecule has 5 nitrogen and oxygen atoms in total. The summed E-state index contributed by atoms with van der Waals surface area (Å²) in [5, 5.41) is 11.4. The van der Waals surface area contributed by atoms with Crippen molar-refractivity contribution in [3.8, 4) is 0 Å². The van der Waals surface area contributed by atoms with Crippen LogP contribution < -0.4 is 5.32 Å². The third-order valence-corrected chi connectivity index (χ3v) is 4.08. The largest absolute Gasteiger partial charge is 0.481 e. The Hall–Kier alpha value is -2.17. The van der Waals surface area contributed by atoms with E-state index in [0.717, 1.165) is 48.9 Å². The molecular weight excluding hydrogens is 294 g/mol. The van der Waals surface area contributed by atoms with E-state index in [-0.39, 0.29) is 18.1 Å². The summed E-state index contributed by atoms with van der Waals surface area (Å²) in [6.45, 7) is 0. The predicted molar refractivity (Wildman–Crippen MR) is 87.7 cm³/mol. The van der Waals surface area contributed by atoms with Crippen LogP contribution >= 0.6 is 0 Å². The third-order valence-electron chi connectivity index (χ3n) is 4.08. The highest BCUT2D eigenvalue weighted by molar-refractivity contribution is 5.99. The number of benzene rings is 1. The number of hydrogen-bond donors (Lipinski definition) is 2. The molecule has 0 bridgehead atoms. The zero-order valence-corrected chi connectivity index (χ0v) is 13.3. The number of unbranched alkanes of at least 4 members (excludes halogenated alkanes) is 3. The first kappa shape index (κ1) is 17.2. The number of amides is 1. The summed E-state index contributed by atoms with van der Waals surface area (Å²) < 4.78 is 0. The molecule has 0 radical (unpaired) electrons. The molecule has 0 aliphatic heterocycles. The molecule has 0 heterocycles. The van der Waals surface area contributed by atoms with E-state index in [1.807, 2.05) is 6.07 Å². The highest BCUT2D eigenvalue weighted by Crippen LogP contribution is 2.24. The van der Waals surface area contributed by atoms with Crippen LogP contribution in [0.15, 0.2) is 18.2 Å². The fraction of sp³-hybridized carbons (Fsp3) is 0.500. The number of carboxylic acid groups (broad SMARTS) is 1. The molecule has 1 amide bonds. The Morgan fingerprint density at radius 3 is 2.52 bits per heavy atom. The fourth-order valence-corrected chi connectivity index (χ4v) is 2.86. The molecular formula is C18H23NO4. The molecule has 0 saturated carbocycles. The number of Topliss-reactive ketones (excluding diaryl/α,β-unsaturated/α-hetero) is 1. The SMILES string of the molecule is O=C(O)CCCCCCC(=O)Nc1ccc2c(c1)CCCC2=O. The molecule has 1 aromatic rings. The van der Waals surface area contributed by atoms with E-state index in [4.69, 9.17) is 5.11 Å². The zero-order valence-electron chi connectivity index (χ0n) is 13.3. The van der Waals surface area contributed by atoms with E-state index in [9.17, 15) is 14.4 Å². The van der Waals surface area contributed by atoms with Gasteiger partial charge in [0.25, 0.3) is 0 Å². The van der Waals surface area contributed by atoms with Crippen molar-refractivity contribution in [3.05, 3.63) is 29.3 Å². The summed E-state index contributed by atoms with van der Waals surface area (Å²) in [6, 6.07) is 5.49. The Kier molecular flexibility index (Phi) is 6.32. The number of hydrogen-bond acceptors (Lipinski definition) is 3. The van der Waals surface area contributed by atoms with Crippen molar-refractivity contribution in [3.63, 3.8) is 0 Å². The van der Waals surface area contributed by atoms with Crippen LogP contribution in [-0.2, 0) is 16.0 Å². The minimum Gasteiger partial charge on any atom is -0.481 e. The van der Waals surface area contributed by atoms with Gasteiger partial charge in [-0.15, -0.1) is 0 Å². The molecule has 1 aromatic carbocycles. The van der Waals surface area contributed by atoms with Gasteiger partial charge in [0.15, 0.2) is 5.78 Å². The highest BCUT2D eigenvalue weighted by atomic mass is 16.4. The topological polar surface area (TPSA) is 83.5 Å². The molecule has 0 saturated heterocycles. The molecule has 124 valence electrons. The van der Waals surface area contributed by atoms with E-state index in [0.29, 0.717) is 19.3 Å². The molecule has 0 fully saturated rings. The summed E-state index contributed by atoms with van der Waals surface area (Å²) >= 11 is 0. The van der Waals surface area contributed by atoms with Gasteiger partial charge in [-0.3, -0.25) is 14.4 Å². The lowest BCUT2D eigenvalue weighted by molar-refractivity contribution is -0.137. The fourth-order valence-electron chi connectivity index (χ4n) is 2.86. The number of anilines is 1. The van der Waals surface area contributed by atoms with Crippen molar-refractivity contribution in [1.82, 2.24) is 0 Å². The number of carbonyl (C=O) groups is 3. The average molecular weight is 317 g/mol. The highest BCUT2D eigenvalue weighted by Gasteiger charge is 2.17. The van der Waals surface area contributed by atoms with Crippen molar-refractivity contribution in [1.29, 1.82) is 0 Å². The van der Waals surface area contributed by atoms with Gasteiger partial charge in [-0.05, 0) is 49.4 Å². The normalized spacial score (nSPS) is 13.5. The number of nitrogens with one attached hydrogen (secondary N) is 1. The van der Waals surface area contributed by atoms with Crippen LogP contribution in [-0.4, -0.2) is 22.8 Å². The van der Waals surface area contributed by atoms with Crippen LogP contribution in [0.5, 0.6) is 0 Å². The second kappa shape index (κ2) is 8.46. The van der Waals surface area contributed by atoms with Gasteiger partial charge in [0.1, 0.15) is 0 Å². The summed E-state index contributed by atoms with van der Waals surface area (Å²) in [5.41, 5.74) is 2.55. The van der Waals surface area contributed by atoms with Gasteiger partial charge < -0.3 is 10.4 Å². The Bertz CT molecular complexity index is 595. The van der Waals surface area contributed by atoms with Crippen LogP contribution in [0.3, 0.4) is 0 Å². The van der Waals surface area contributed by atoms with Crippen LogP contribution in [0.4, 0.5) is 5.69 Å². The third kappa shape index (κ3) is 5.51. The standard InChI is InChI=1S/C18H23NO4/c20-16-7-5-6-13-12-14(10-11-15(13)16)19-17(21)8-3-1-2-4-9-18(22)23/h10-12H,1-9H2,(H,19,21)(H,22,23). The number of aryl methyl sites for hydroxylation is 1. The number of carbonyl (C=O) groups excluding carboxylic acids is 2. The second-order valence-corrected chi connectivity index (χ2v) is 6.00. The monoisotopic (exact) mass is 317 g/mol. The van der Waals surface area contributed by atoms with Crippen LogP contribution in [0.1, 0.15) is 67.3 Å². The maximum Gasteiger partial charge on any atom is 0.303 e. The van der Waals surface area contributed by atoms with Gasteiger partial charge in [-0.2, -0.15) is 0 Å². The van der Waals surface area contributed by atoms with Gasteiger partial charge >= 0.3 is 5.97 Å².